The second-order valence-electron chi connectivity index (χ2n) is 7.03. The second-order valence-corrected chi connectivity index (χ2v) is 7.03. The normalized spacial score (nSPS) is 14.7. The molecule has 1 atom stereocenters. The molecule has 2 aromatic carbocycles. The minimum atomic E-state index is -0.0936. The lowest BCUT2D eigenvalue weighted by Gasteiger charge is -2.19. The average Bonchev–Trinajstić information content (AvgIpc) is 3.41. The number of methoxy groups -OCH3 is 2. The summed E-state index contributed by atoms with van der Waals surface area (Å²) in [4.78, 5) is 16.0. The summed E-state index contributed by atoms with van der Waals surface area (Å²) in [6.07, 6.45) is 4.55. The van der Waals surface area contributed by atoms with Gasteiger partial charge in [-0.05, 0) is 42.2 Å². The molecule has 140 valence electrons. The van der Waals surface area contributed by atoms with E-state index in [-0.39, 0.29) is 11.8 Å². The van der Waals surface area contributed by atoms with E-state index in [1.807, 2.05) is 42.6 Å². The van der Waals surface area contributed by atoms with Gasteiger partial charge in [0.1, 0.15) is 11.5 Å². The highest BCUT2D eigenvalue weighted by Crippen LogP contribution is 2.37. The monoisotopic (exact) mass is 364 g/mol. The van der Waals surface area contributed by atoms with Crippen LogP contribution in [0.3, 0.4) is 0 Å². The van der Waals surface area contributed by atoms with Crippen molar-refractivity contribution >= 4 is 16.8 Å². The Morgan fingerprint density at radius 2 is 1.85 bits per heavy atom. The van der Waals surface area contributed by atoms with E-state index < -0.39 is 0 Å². The third-order valence-corrected chi connectivity index (χ3v) is 5.10. The number of hydrogen-bond donors (Lipinski definition) is 2. The first-order chi connectivity index (χ1) is 13.2. The number of carbonyl (C=O) groups excluding carboxylic acids is 1. The van der Waals surface area contributed by atoms with E-state index in [2.05, 4.69) is 16.4 Å². The first kappa shape index (κ1) is 17.5. The molecule has 3 aromatic rings. The molecule has 4 rings (SSSR count). The number of aromatic amines is 1. The number of hydrogen-bond acceptors (Lipinski definition) is 3. The quantitative estimate of drug-likeness (QED) is 0.666. The maximum absolute atomic E-state index is 12.6. The molecule has 27 heavy (non-hydrogen) atoms. The number of H-pyrrole nitrogens is 1. The summed E-state index contributed by atoms with van der Waals surface area (Å²) >= 11 is 0. The number of amides is 1. The van der Waals surface area contributed by atoms with Crippen LogP contribution in [0.25, 0.3) is 10.9 Å². The third-order valence-electron chi connectivity index (χ3n) is 5.10. The highest BCUT2D eigenvalue weighted by atomic mass is 16.5. The molecule has 0 aliphatic heterocycles. The number of aromatic nitrogens is 1. The predicted molar refractivity (Wildman–Crippen MR) is 105 cm³/mol. The van der Waals surface area contributed by atoms with E-state index in [1.165, 1.54) is 0 Å². The lowest BCUT2D eigenvalue weighted by atomic mass is 9.87. The molecule has 2 N–H and O–H groups in total. The van der Waals surface area contributed by atoms with E-state index in [0.717, 1.165) is 46.4 Å². The van der Waals surface area contributed by atoms with Crippen LogP contribution in [0.4, 0.5) is 0 Å². The van der Waals surface area contributed by atoms with Gasteiger partial charge in [-0.1, -0.05) is 18.2 Å². The molecule has 0 saturated heterocycles. The van der Waals surface area contributed by atoms with Gasteiger partial charge in [0, 0.05) is 41.5 Å². The Labute approximate surface area is 158 Å². The number of ether oxygens (including phenoxy) is 2. The molecular weight excluding hydrogens is 340 g/mol. The molecule has 1 aliphatic rings. The smallest absolute Gasteiger partial charge is 0.221 e. The molecular formula is C22H24N2O3. The van der Waals surface area contributed by atoms with Crippen LogP contribution in [-0.4, -0.2) is 31.2 Å². The Morgan fingerprint density at radius 3 is 2.52 bits per heavy atom. The average molecular weight is 364 g/mol. The maximum atomic E-state index is 12.6. The molecule has 1 saturated carbocycles. The van der Waals surface area contributed by atoms with E-state index in [9.17, 15) is 4.79 Å². The lowest BCUT2D eigenvalue weighted by molar-refractivity contribution is -0.121. The predicted octanol–water partition coefficient (Wildman–Crippen LogP) is 3.99. The van der Waals surface area contributed by atoms with E-state index in [4.69, 9.17) is 9.47 Å². The zero-order chi connectivity index (χ0) is 18.8. The van der Waals surface area contributed by atoms with Crippen LogP contribution in [-0.2, 0) is 4.79 Å². The number of nitrogens with one attached hydrogen (secondary N) is 2. The van der Waals surface area contributed by atoms with Crippen molar-refractivity contribution in [1.82, 2.24) is 10.3 Å². The SMILES string of the molecule is COc1cc(OC)cc(C(CC(=O)NC2CC2)c2c[nH]c3ccccc23)c1. The van der Waals surface area contributed by atoms with Crippen molar-refractivity contribution in [2.45, 2.75) is 31.2 Å². The zero-order valence-electron chi connectivity index (χ0n) is 15.6. The fourth-order valence-corrected chi connectivity index (χ4v) is 3.52. The van der Waals surface area contributed by atoms with Crippen molar-refractivity contribution in [3.63, 3.8) is 0 Å². The van der Waals surface area contributed by atoms with Crippen molar-refractivity contribution in [2.24, 2.45) is 0 Å². The van der Waals surface area contributed by atoms with Gasteiger partial charge in [-0.2, -0.15) is 0 Å². The molecule has 0 radical (unpaired) electrons. The molecule has 0 bridgehead atoms. The summed E-state index contributed by atoms with van der Waals surface area (Å²) in [7, 11) is 3.28. The largest absolute Gasteiger partial charge is 0.497 e. The first-order valence-corrected chi connectivity index (χ1v) is 9.26. The fourth-order valence-electron chi connectivity index (χ4n) is 3.52. The van der Waals surface area contributed by atoms with Gasteiger partial charge < -0.3 is 19.8 Å². The van der Waals surface area contributed by atoms with Gasteiger partial charge >= 0.3 is 0 Å². The molecule has 1 aliphatic carbocycles. The van der Waals surface area contributed by atoms with Gasteiger partial charge in [0.25, 0.3) is 0 Å². The van der Waals surface area contributed by atoms with Crippen molar-refractivity contribution in [3.05, 3.63) is 59.8 Å². The number of carbonyl (C=O) groups is 1. The third kappa shape index (κ3) is 3.77. The number of rotatable bonds is 7. The molecule has 0 spiro atoms. The summed E-state index contributed by atoms with van der Waals surface area (Å²) in [5.74, 6) is 1.42. The minimum absolute atomic E-state index is 0.0783. The van der Waals surface area contributed by atoms with E-state index in [1.54, 1.807) is 14.2 Å². The van der Waals surface area contributed by atoms with Crippen LogP contribution in [0.15, 0.2) is 48.7 Å². The number of fused-ring (bicyclic) bond motifs is 1. The van der Waals surface area contributed by atoms with Crippen LogP contribution in [0.1, 0.15) is 36.3 Å². The summed E-state index contributed by atoms with van der Waals surface area (Å²) in [5.41, 5.74) is 3.17. The highest BCUT2D eigenvalue weighted by Gasteiger charge is 2.27. The minimum Gasteiger partial charge on any atom is -0.497 e. The Bertz CT molecular complexity index is 937. The topological polar surface area (TPSA) is 63.4 Å². The Kier molecular flexibility index (Phi) is 4.75. The second kappa shape index (κ2) is 7.35. The first-order valence-electron chi connectivity index (χ1n) is 9.26. The van der Waals surface area contributed by atoms with Crippen molar-refractivity contribution in [1.29, 1.82) is 0 Å². The summed E-state index contributed by atoms with van der Waals surface area (Å²) in [6.45, 7) is 0. The molecule has 1 amide bonds. The molecule has 1 aromatic heterocycles. The summed E-state index contributed by atoms with van der Waals surface area (Å²) in [5, 5.41) is 4.24. The van der Waals surface area contributed by atoms with Gasteiger partial charge in [0.2, 0.25) is 5.91 Å². The standard InChI is InChI=1S/C22H24N2O3/c1-26-16-9-14(10-17(11-16)27-2)19(12-22(25)24-15-7-8-15)20-13-23-21-6-4-3-5-18(20)21/h3-6,9-11,13,15,19,23H,7-8,12H2,1-2H3,(H,24,25). The Morgan fingerprint density at radius 1 is 1.15 bits per heavy atom. The van der Waals surface area contributed by atoms with Gasteiger partial charge in [0.15, 0.2) is 0 Å². The van der Waals surface area contributed by atoms with Crippen molar-refractivity contribution in [3.8, 4) is 11.5 Å². The van der Waals surface area contributed by atoms with E-state index >= 15 is 0 Å². The van der Waals surface area contributed by atoms with Crippen LogP contribution in [0.2, 0.25) is 0 Å². The Balaban J connectivity index is 1.76. The lowest BCUT2D eigenvalue weighted by Crippen LogP contribution is -2.27. The molecule has 5 heteroatoms. The van der Waals surface area contributed by atoms with Gasteiger partial charge in [0.05, 0.1) is 14.2 Å². The summed E-state index contributed by atoms with van der Waals surface area (Å²) < 4.78 is 10.9. The fraction of sp³-hybridized carbons (Fsp3) is 0.318. The molecule has 1 unspecified atom stereocenters. The number of para-hydroxylation sites is 1. The molecule has 1 heterocycles. The number of benzene rings is 2. The van der Waals surface area contributed by atoms with Gasteiger partial charge in [-0.3, -0.25) is 4.79 Å². The Hall–Kier alpha value is -2.95. The van der Waals surface area contributed by atoms with Gasteiger partial charge in [-0.25, -0.2) is 0 Å². The van der Waals surface area contributed by atoms with Crippen molar-refractivity contribution in [2.75, 3.05) is 14.2 Å². The van der Waals surface area contributed by atoms with Gasteiger partial charge in [-0.15, -0.1) is 0 Å². The maximum Gasteiger partial charge on any atom is 0.221 e. The zero-order valence-corrected chi connectivity index (χ0v) is 15.6. The highest BCUT2D eigenvalue weighted by molar-refractivity contribution is 5.86. The summed E-state index contributed by atoms with van der Waals surface area (Å²) in [6, 6.07) is 14.3. The van der Waals surface area contributed by atoms with Crippen LogP contribution < -0.4 is 14.8 Å². The molecule has 5 nitrogen and oxygen atoms in total. The van der Waals surface area contributed by atoms with Crippen molar-refractivity contribution < 1.29 is 14.3 Å². The van der Waals surface area contributed by atoms with Crippen LogP contribution in [0, 0.1) is 0 Å². The van der Waals surface area contributed by atoms with E-state index in [0.29, 0.717) is 12.5 Å². The van der Waals surface area contributed by atoms with Crippen LogP contribution >= 0.6 is 0 Å². The van der Waals surface area contributed by atoms with Crippen LogP contribution in [0.5, 0.6) is 11.5 Å². The molecule has 1 fully saturated rings.